The first-order valence-corrected chi connectivity index (χ1v) is 8.65. The molecule has 5 nitrogen and oxygen atoms in total. The average Bonchev–Trinajstić information content (AvgIpc) is 2.59. The summed E-state index contributed by atoms with van der Waals surface area (Å²) in [5.41, 5.74) is 1.06. The van der Waals surface area contributed by atoms with E-state index in [9.17, 15) is 0 Å². The number of guanidine groups is 1. The predicted octanol–water partition coefficient (Wildman–Crippen LogP) is 3.95. The van der Waals surface area contributed by atoms with E-state index in [1.54, 1.807) is 14.2 Å². The average molecular weight is 463 g/mol. The van der Waals surface area contributed by atoms with Crippen LogP contribution in [-0.2, 0) is 5.41 Å². The predicted molar refractivity (Wildman–Crippen MR) is 117 cm³/mol. The lowest BCUT2D eigenvalue weighted by molar-refractivity contribution is 0.353. The number of halogens is 1. The first-order valence-electron chi connectivity index (χ1n) is 8.65. The van der Waals surface area contributed by atoms with Gasteiger partial charge in [-0.1, -0.05) is 26.8 Å². The summed E-state index contributed by atoms with van der Waals surface area (Å²) >= 11 is 0. The summed E-state index contributed by atoms with van der Waals surface area (Å²) in [6.07, 6.45) is 1.06. The van der Waals surface area contributed by atoms with Crippen LogP contribution in [0.2, 0.25) is 0 Å². The molecule has 0 heterocycles. The highest BCUT2D eigenvalue weighted by molar-refractivity contribution is 14.0. The van der Waals surface area contributed by atoms with Crippen LogP contribution < -0.4 is 20.1 Å². The van der Waals surface area contributed by atoms with E-state index in [1.165, 1.54) is 5.56 Å². The summed E-state index contributed by atoms with van der Waals surface area (Å²) < 4.78 is 10.7. The van der Waals surface area contributed by atoms with Crippen molar-refractivity contribution in [1.82, 2.24) is 10.6 Å². The fraction of sp³-hybridized carbons (Fsp3) is 0.632. The van der Waals surface area contributed by atoms with Crippen LogP contribution in [-0.4, -0.2) is 39.3 Å². The molecule has 0 fully saturated rings. The zero-order valence-corrected chi connectivity index (χ0v) is 18.9. The van der Waals surface area contributed by atoms with Gasteiger partial charge in [0, 0.05) is 18.0 Å². The van der Waals surface area contributed by atoms with Gasteiger partial charge in [0.1, 0.15) is 0 Å². The Balaban J connectivity index is 0.00000576. The molecule has 1 unspecified atom stereocenters. The van der Waals surface area contributed by atoms with Crippen molar-refractivity contribution in [2.75, 3.05) is 27.3 Å². The van der Waals surface area contributed by atoms with Crippen LogP contribution in [0.25, 0.3) is 0 Å². The zero-order valence-electron chi connectivity index (χ0n) is 16.6. The third-order valence-corrected chi connectivity index (χ3v) is 4.14. The lowest BCUT2D eigenvalue weighted by Gasteiger charge is -2.25. The first-order chi connectivity index (χ1) is 11.4. The van der Waals surface area contributed by atoms with Crippen molar-refractivity contribution in [3.05, 3.63) is 23.8 Å². The molecule has 0 bridgehead atoms. The summed E-state index contributed by atoms with van der Waals surface area (Å²) in [5.74, 6) is 2.35. The number of ether oxygens (including phenoxy) is 2. The Labute approximate surface area is 170 Å². The molecule has 0 saturated heterocycles. The minimum Gasteiger partial charge on any atom is -0.493 e. The molecular weight excluding hydrogens is 429 g/mol. The number of benzene rings is 1. The topological polar surface area (TPSA) is 54.9 Å². The van der Waals surface area contributed by atoms with Gasteiger partial charge in [0.2, 0.25) is 0 Å². The van der Waals surface area contributed by atoms with Crippen molar-refractivity contribution >= 4 is 29.9 Å². The SMILES string of the molecule is CCNC(=NCC(C)(C)c1ccc(OC)c(OC)c1)NC(C)CC.I. The van der Waals surface area contributed by atoms with E-state index in [-0.39, 0.29) is 29.4 Å². The summed E-state index contributed by atoms with van der Waals surface area (Å²) in [5, 5.41) is 6.73. The van der Waals surface area contributed by atoms with Gasteiger partial charge in [-0.3, -0.25) is 4.99 Å². The number of nitrogens with zero attached hydrogens (tertiary/aromatic N) is 1. The van der Waals surface area contributed by atoms with E-state index in [1.807, 2.05) is 12.1 Å². The van der Waals surface area contributed by atoms with Crippen molar-refractivity contribution in [3.8, 4) is 11.5 Å². The van der Waals surface area contributed by atoms with Crippen LogP contribution in [0.5, 0.6) is 11.5 Å². The van der Waals surface area contributed by atoms with E-state index in [0.29, 0.717) is 12.6 Å². The quantitative estimate of drug-likeness (QED) is 0.348. The van der Waals surface area contributed by atoms with Gasteiger partial charge in [0.05, 0.1) is 20.8 Å². The summed E-state index contributed by atoms with van der Waals surface area (Å²) in [6.45, 7) is 12.3. The molecule has 0 aliphatic heterocycles. The second-order valence-electron chi connectivity index (χ2n) is 6.60. The zero-order chi connectivity index (χ0) is 18.2. The van der Waals surface area contributed by atoms with Gasteiger partial charge in [0.25, 0.3) is 0 Å². The molecular formula is C19H34IN3O2. The molecule has 25 heavy (non-hydrogen) atoms. The van der Waals surface area contributed by atoms with E-state index < -0.39 is 0 Å². The number of hydrogen-bond donors (Lipinski definition) is 2. The fourth-order valence-electron chi connectivity index (χ4n) is 2.28. The maximum absolute atomic E-state index is 5.42. The molecule has 0 aliphatic carbocycles. The highest BCUT2D eigenvalue weighted by Crippen LogP contribution is 2.33. The lowest BCUT2D eigenvalue weighted by atomic mass is 9.84. The Morgan fingerprint density at radius 3 is 2.32 bits per heavy atom. The number of hydrogen-bond acceptors (Lipinski definition) is 3. The molecule has 1 aromatic carbocycles. The molecule has 0 saturated carbocycles. The van der Waals surface area contributed by atoms with E-state index in [0.717, 1.165) is 30.4 Å². The van der Waals surface area contributed by atoms with Gasteiger partial charge in [-0.25, -0.2) is 0 Å². The molecule has 1 atom stereocenters. The summed E-state index contributed by atoms with van der Waals surface area (Å²) in [6, 6.07) is 6.45. The van der Waals surface area contributed by atoms with Gasteiger partial charge < -0.3 is 20.1 Å². The fourth-order valence-corrected chi connectivity index (χ4v) is 2.28. The van der Waals surface area contributed by atoms with Crippen molar-refractivity contribution in [2.45, 2.75) is 52.5 Å². The van der Waals surface area contributed by atoms with Crippen LogP contribution in [0.15, 0.2) is 23.2 Å². The maximum atomic E-state index is 5.42. The molecule has 0 spiro atoms. The van der Waals surface area contributed by atoms with Crippen molar-refractivity contribution in [1.29, 1.82) is 0 Å². The highest BCUT2D eigenvalue weighted by atomic mass is 127. The van der Waals surface area contributed by atoms with Gasteiger partial charge in [0.15, 0.2) is 17.5 Å². The maximum Gasteiger partial charge on any atom is 0.191 e. The summed E-state index contributed by atoms with van der Waals surface area (Å²) in [7, 11) is 3.31. The van der Waals surface area contributed by atoms with E-state index >= 15 is 0 Å². The van der Waals surface area contributed by atoms with E-state index in [2.05, 4.69) is 51.3 Å². The van der Waals surface area contributed by atoms with Crippen LogP contribution in [0.3, 0.4) is 0 Å². The number of methoxy groups -OCH3 is 2. The molecule has 6 heteroatoms. The van der Waals surface area contributed by atoms with Crippen LogP contribution in [0.4, 0.5) is 0 Å². The number of nitrogens with one attached hydrogen (secondary N) is 2. The minimum atomic E-state index is -0.114. The highest BCUT2D eigenvalue weighted by Gasteiger charge is 2.22. The molecule has 0 aliphatic rings. The Morgan fingerprint density at radius 1 is 1.16 bits per heavy atom. The standard InChI is InChI=1S/C19H33N3O2.HI/c1-8-14(3)22-18(20-9-2)21-13-19(4,5)15-10-11-16(23-6)17(12-15)24-7;/h10-12,14H,8-9,13H2,1-7H3,(H2,20,21,22);1H. The monoisotopic (exact) mass is 463 g/mol. The van der Waals surface area contributed by atoms with Gasteiger partial charge in [-0.05, 0) is 38.0 Å². The Hall–Kier alpha value is -1.18. The Morgan fingerprint density at radius 2 is 1.80 bits per heavy atom. The lowest BCUT2D eigenvalue weighted by Crippen LogP contribution is -2.42. The normalized spacial score (nSPS) is 12.8. The summed E-state index contributed by atoms with van der Waals surface area (Å²) in [4.78, 5) is 4.77. The molecule has 0 amide bonds. The van der Waals surface area contributed by atoms with Crippen molar-refractivity contribution < 1.29 is 9.47 Å². The number of aliphatic imine (C=N–C) groups is 1. The minimum absolute atomic E-state index is 0. The van der Waals surface area contributed by atoms with Gasteiger partial charge in [-0.15, -0.1) is 24.0 Å². The molecule has 1 aromatic rings. The van der Waals surface area contributed by atoms with Crippen LogP contribution in [0, 0.1) is 0 Å². The molecule has 2 N–H and O–H groups in total. The third kappa shape index (κ3) is 7.30. The molecule has 0 radical (unpaired) electrons. The van der Waals surface area contributed by atoms with Crippen LogP contribution in [0.1, 0.15) is 46.6 Å². The number of rotatable bonds is 8. The van der Waals surface area contributed by atoms with Gasteiger partial charge in [-0.2, -0.15) is 0 Å². The second kappa shape index (κ2) is 11.4. The Kier molecular flexibility index (Phi) is 10.9. The Bertz CT molecular complexity index is 547. The first kappa shape index (κ1) is 23.8. The molecule has 144 valence electrons. The molecule has 0 aromatic heterocycles. The van der Waals surface area contributed by atoms with Gasteiger partial charge >= 0.3 is 0 Å². The van der Waals surface area contributed by atoms with Crippen molar-refractivity contribution in [2.24, 2.45) is 4.99 Å². The van der Waals surface area contributed by atoms with Crippen LogP contribution >= 0.6 is 24.0 Å². The van der Waals surface area contributed by atoms with E-state index in [4.69, 9.17) is 14.5 Å². The smallest absolute Gasteiger partial charge is 0.191 e. The largest absolute Gasteiger partial charge is 0.493 e. The van der Waals surface area contributed by atoms with Crippen molar-refractivity contribution in [3.63, 3.8) is 0 Å². The third-order valence-electron chi connectivity index (χ3n) is 4.14. The molecule has 1 rings (SSSR count). The second-order valence-corrected chi connectivity index (χ2v) is 6.60.